The van der Waals surface area contributed by atoms with Crippen molar-refractivity contribution in [2.75, 3.05) is 18.5 Å². The molecule has 0 saturated heterocycles. The molecule has 0 bridgehead atoms. The molecule has 1 aromatic heterocycles. The Morgan fingerprint density at radius 1 is 1.33 bits per heavy atom. The minimum absolute atomic E-state index is 0. The number of aromatic nitrogens is 1. The molecule has 1 rings (SSSR count). The zero-order valence-electron chi connectivity index (χ0n) is 14.3. The van der Waals surface area contributed by atoms with Crippen LogP contribution in [0.2, 0.25) is 0 Å². The first kappa shape index (κ1) is 21.9. The second kappa shape index (κ2) is 9.94. The van der Waals surface area contributed by atoms with Gasteiger partial charge in [-0.25, -0.2) is 4.79 Å². The van der Waals surface area contributed by atoms with Crippen molar-refractivity contribution >= 4 is 35.9 Å². The van der Waals surface area contributed by atoms with Crippen molar-refractivity contribution in [3.63, 3.8) is 0 Å². The molecule has 2 amide bonds. The highest BCUT2D eigenvalue weighted by Gasteiger charge is 2.18. The van der Waals surface area contributed by atoms with Crippen molar-refractivity contribution in [3.05, 3.63) is 18.0 Å². The van der Waals surface area contributed by atoms with Crippen molar-refractivity contribution in [2.45, 2.75) is 26.8 Å². The Hall–Kier alpha value is -2.06. The molecule has 0 saturated carbocycles. The van der Waals surface area contributed by atoms with Crippen molar-refractivity contribution in [1.82, 2.24) is 9.88 Å². The monoisotopic (exact) mass is 360 g/mol. The van der Waals surface area contributed by atoms with Gasteiger partial charge in [-0.1, -0.05) is 13.8 Å². The summed E-state index contributed by atoms with van der Waals surface area (Å²) in [6.45, 7) is 5.45. The second-order valence-corrected chi connectivity index (χ2v) is 5.48. The Morgan fingerprint density at radius 3 is 2.50 bits per heavy atom. The molecule has 1 aromatic rings. The van der Waals surface area contributed by atoms with Crippen molar-refractivity contribution in [3.8, 4) is 0 Å². The number of ether oxygens (including phenoxy) is 1. The molecule has 0 unspecified atom stereocenters. The van der Waals surface area contributed by atoms with Gasteiger partial charge < -0.3 is 25.7 Å². The Morgan fingerprint density at radius 2 is 1.96 bits per heavy atom. The highest BCUT2D eigenvalue weighted by molar-refractivity contribution is 5.97. The lowest BCUT2D eigenvalue weighted by Gasteiger charge is -2.14. The Balaban J connectivity index is 0.00000529. The molecule has 0 aliphatic rings. The molecule has 0 spiro atoms. The van der Waals surface area contributed by atoms with Gasteiger partial charge in [0, 0.05) is 13.2 Å². The number of hydrogen-bond acceptors (Lipinski definition) is 5. The zero-order chi connectivity index (χ0) is 17.6. The van der Waals surface area contributed by atoms with Crippen molar-refractivity contribution in [1.29, 1.82) is 0 Å². The van der Waals surface area contributed by atoms with E-state index in [0.29, 0.717) is 11.4 Å². The maximum atomic E-state index is 11.8. The first-order valence-corrected chi connectivity index (χ1v) is 7.42. The summed E-state index contributed by atoms with van der Waals surface area (Å²) in [5.41, 5.74) is 6.46. The van der Waals surface area contributed by atoms with Crippen LogP contribution < -0.4 is 16.4 Å². The summed E-state index contributed by atoms with van der Waals surface area (Å²) in [5, 5.41) is 5.07. The molecule has 1 atom stereocenters. The van der Waals surface area contributed by atoms with E-state index in [1.807, 2.05) is 13.8 Å². The maximum absolute atomic E-state index is 11.8. The van der Waals surface area contributed by atoms with E-state index in [1.54, 1.807) is 24.7 Å². The molecular weight excluding hydrogens is 336 g/mol. The summed E-state index contributed by atoms with van der Waals surface area (Å²) in [7, 11) is 1.67. The smallest absolute Gasteiger partial charge is 0.355 e. The number of esters is 1. The predicted octanol–water partition coefficient (Wildman–Crippen LogP) is 0.662. The predicted molar refractivity (Wildman–Crippen MR) is 93.1 cm³/mol. The first-order valence-electron chi connectivity index (χ1n) is 7.42. The molecule has 0 aliphatic carbocycles. The van der Waals surface area contributed by atoms with Gasteiger partial charge in [-0.05, 0) is 18.9 Å². The van der Waals surface area contributed by atoms with E-state index in [2.05, 4.69) is 10.6 Å². The number of nitrogens with two attached hydrogens (primary N) is 1. The topological polar surface area (TPSA) is 115 Å². The summed E-state index contributed by atoms with van der Waals surface area (Å²) >= 11 is 0. The van der Waals surface area contributed by atoms with Gasteiger partial charge in [0.25, 0.3) is 0 Å². The lowest BCUT2D eigenvalue weighted by atomic mass is 10.1. The van der Waals surface area contributed by atoms with E-state index in [4.69, 9.17) is 10.5 Å². The number of hydrogen-bond donors (Lipinski definition) is 3. The fraction of sp³-hybridized carbons (Fsp3) is 0.533. The SMILES string of the molecule is CCOC(=O)c1cc(NC(=O)CNC(=O)[C@@H](N)C(C)C)cn1C.Cl. The molecule has 0 aromatic carbocycles. The number of anilines is 1. The number of nitrogens with one attached hydrogen (secondary N) is 2. The van der Waals surface area contributed by atoms with E-state index in [9.17, 15) is 14.4 Å². The summed E-state index contributed by atoms with van der Waals surface area (Å²) in [6, 6.07) is 0.854. The highest BCUT2D eigenvalue weighted by atomic mass is 35.5. The fourth-order valence-electron chi connectivity index (χ4n) is 1.83. The van der Waals surface area contributed by atoms with Crippen molar-refractivity contribution < 1.29 is 19.1 Å². The van der Waals surface area contributed by atoms with Gasteiger partial charge in [0.15, 0.2) is 0 Å². The molecule has 1 heterocycles. The van der Waals surface area contributed by atoms with E-state index in [1.165, 1.54) is 6.07 Å². The molecule has 0 radical (unpaired) electrons. The standard InChI is InChI=1S/C15H24N4O4.ClH/c1-5-23-15(22)11-6-10(8-19(11)4)18-12(20)7-17-14(21)13(16)9(2)3;/h6,8-9,13H,5,7,16H2,1-4H3,(H,17,21)(H,18,20);1H/t13-;/m0./s1. The van der Waals surface area contributed by atoms with Crippen molar-refractivity contribution in [2.24, 2.45) is 18.7 Å². The van der Waals surface area contributed by atoms with Gasteiger partial charge >= 0.3 is 5.97 Å². The van der Waals surface area contributed by atoms with Crippen LogP contribution >= 0.6 is 12.4 Å². The summed E-state index contributed by atoms with van der Waals surface area (Å²) in [6.07, 6.45) is 1.59. The summed E-state index contributed by atoms with van der Waals surface area (Å²) < 4.78 is 6.47. The maximum Gasteiger partial charge on any atom is 0.355 e. The number of carbonyl (C=O) groups excluding carboxylic acids is 3. The summed E-state index contributed by atoms with van der Waals surface area (Å²) in [4.78, 5) is 35.2. The van der Waals surface area contributed by atoms with Gasteiger partial charge in [0.1, 0.15) is 5.69 Å². The molecule has 136 valence electrons. The van der Waals surface area contributed by atoms with E-state index in [-0.39, 0.29) is 37.4 Å². The van der Waals surface area contributed by atoms with Crippen LogP contribution in [0.1, 0.15) is 31.3 Å². The minimum Gasteiger partial charge on any atom is -0.461 e. The fourth-order valence-corrected chi connectivity index (χ4v) is 1.83. The zero-order valence-corrected chi connectivity index (χ0v) is 15.1. The van der Waals surface area contributed by atoms with E-state index < -0.39 is 17.9 Å². The quantitative estimate of drug-likeness (QED) is 0.618. The Bertz CT molecular complexity index is 586. The summed E-state index contributed by atoms with van der Waals surface area (Å²) in [5.74, 6) is -1.27. The minimum atomic E-state index is -0.657. The Labute approximate surface area is 147 Å². The number of carbonyl (C=O) groups is 3. The van der Waals surface area contributed by atoms with Crippen LogP contribution in [0.25, 0.3) is 0 Å². The van der Waals surface area contributed by atoms with Gasteiger partial charge in [-0.3, -0.25) is 9.59 Å². The molecule has 4 N–H and O–H groups in total. The number of halogens is 1. The van der Waals surface area contributed by atoms with Gasteiger partial charge in [-0.2, -0.15) is 0 Å². The van der Waals surface area contributed by atoms with Crippen LogP contribution in [0.4, 0.5) is 5.69 Å². The first-order chi connectivity index (χ1) is 10.8. The average Bonchev–Trinajstić information content (AvgIpc) is 2.84. The van der Waals surface area contributed by atoms with Crippen LogP contribution in [0.15, 0.2) is 12.3 Å². The van der Waals surface area contributed by atoms with Crippen LogP contribution in [0.5, 0.6) is 0 Å². The average molecular weight is 361 g/mol. The van der Waals surface area contributed by atoms with Gasteiger partial charge in [0.2, 0.25) is 11.8 Å². The number of rotatable bonds is 7. The van der Waals surface area contributed by atoms with Crippen LogP contribution in [0.3, 0.4) is 0 Å². The molecule has 0 aliphatic heterocycles. The van der Waals surface area contributed by atoms with E-state index in [0.717, 1.165) is 0 Å². The van der Waals surface area contributed by atoms with Crippen LogP contribution in [-0.2, 0) is 21.4 Å². The third-order valence-corrected chi connectivity index (χ3v) is 3.22. The molecule has 0 fully saturated rings. The largest absolute Gasteiger partial charge is 0.461 e. The molecule has 8 nitrogen and oxygen atoms in total. The Kier molecular flexibility index (Phi) is 9.09. The number of amides is 2. The lowest BCUT2D eigenvalue weighted by Crippen LogP contribution is -2.46. The number of aryl methyl sites for hydroxylation is 1. The normalized spacial score (nSPS) is 11.4. The van der Waals surface area contributed by atoms with Crippen LogP contribution in [-0.4, -0.2) is 41.5 Å². The molecule has 24 heavy (non-hydrogen) atoms. The number of nitrogens with zero attached hydrogens (tertiary/aromatic N) is 1. The lowest BCUT2D eigenvalue weighted by molar-refractivity contribution is -0.125. The van der Waals surface area contributed by atoms with Gasteiger partial charge in [0.05, 0.1) is 24.9 Å². The second-order valence-electron chi connectivity index (χ2n) is 5.48. The van der Waals surface area contributed by atoms with Gasteiger partial charge in [-0.15, -0.1) is 12.4 Å². The third-order valence-electron chi connectivity index (χ3n) is 3.22. The highest BCUT2D eigenvalue weighted by Crippen LogP contribution is 2.13. The molecule has 9 heteroatoms. The molecular formula is C15H25ClN4O4. The van der Waals surface area contributed by atoms with E-state index >= 15 is 0 Å². The van der Waals surface area contributed by atoms with Crippen LogP contribution in [0, 0.1) is 5.92 Å². The third kappa shape index (κ3) is 6.21.